The first-order valence-corrected chi connectivity index (χ1v) is 6.80. The molecule has 0 amide bonds. The molecule has 1 unspecified atom stereocenters. The van der Waals surface area contributed by atoms with E-state index >= 15 is 0 Å². The zero-order valence-electron chi connectivity index (χ0n) is 10.8. The van der Waals surface area contributed by atoms with Gasteiger partial charge in [0.1, 0.15) is 0 Å². The Morgan fingerprint density at radius 1 is 1.20 bits per heavy atom. The fourth-order valence-corrected chi connectivity index (χ4v) is 3.01. The van der Waals surface area contributed by atoms with Crippen molar-refractivity contribution in [2.75, 3.05) is 7.05 Å². The molecule has 0 aliphatic heterocycles. The molecule has 0 bridgehead atoms. The molecule has 1 saturated carbocycles. The third-order valence-electron chi connectivity index (χ3n) is 3.83. The Balaban J connectivity index is 2.59. The van der Waals surface area contributed by atoms with Crippen molar-refractivity contribution in [3.05, 3.63) is 0 Å². The summed E-state index contributed by atoms with van der Waals surface area (Å²) in [6.07, 6.45) is 11.0. The van der Waals surface area contributed by atoms with Crippen LogP contribution < -0.4 is 0 Å². The van der Waals surface area contributed by atoms with Gasteiger partial charge in [-0.3, -0.25) is 4.99 Å². The van der Waals surface area contributed by atoms with Gasteiger partial charge < -0.3 is 0 Å². The van der Waals surface area contributed by atoms with Gasteiger partial charge in [-0.2, -0.15) is 0 Å². The lowest BCUT2D eigenvalue weighted by molar-refractivity contribution is 0.418. The number of hydrogen-bond donors (Lipinski definition) is 0. The molecule has 0 aromatic rings. The maximum Gasteiger partial charge on any atom is 0.0276 e. The van der Waals surface area contributed by atoms with Gasteiger partial charge in [-0.1, -0.05) is 39.5 Å². The first-order valence-electron chi connectivity index (χ1n) is 6.80. The second-order valence-electron chi connectivity index (χ2n) is 4.88. The van der Waals surface area contributed by atoms with Crippen LogP contribution in [0, 0.1) is 11.8 Å². The van der Waals surface area contributed by atoms with E-state index in [2.05, 4.69) is 18.8 Å². The van der Waals surface area contributed by atoms with Crippen LogP contribution >= 0.6 is 0 Å². The highest BCUT2D eigenvalue weighted by atomic mass is 14.7. The summed E-state index contributed by atoms with van der Waals surface area (Å²) in [7, 11) is 2.00. The van der Waals surface area contributed by atoms with E-state index in [4.69, 9.17) is 0 Å². The summed E-state index contributed by atoms with van der Waals surface area (Å²) >= 11 is 0. The Morgan fingerprint density at radius 2 is 1.87 bits per heavy atom. The quantitative estimate of drug-likeness (QED) is 0.593. The molecular formula is C14H27N. The smallest absolute Gasteiger partial charge is 0.0276 e. The van der Waals surface area contributed by atoms with Gasteiger partial charge in [0.2, 0.25) is 0 Å². The van der Waals surface area contributed by atoms with Gasteiger partial charge in [0, 0.05) is 12.8 Å². The highest BCUT2D eigenvalue weighted by Gasteiger charge is 2.23. The second kappa shape index (κ2) is 7.03. The van der Waals surface area contributed by atoms with Gasteiger partial charge in [0.05, 0.1) is 0 Å². The van der Waals surface area contributed by atoms with E-state index in [0.717, 1.165) is 11.8 Å². The van der Waals surface area contributed by atoms with Gasteiger partial charge in [0.15, 0.2) is 0 Å². The highest BCUT2D eigenvalue weighted by Crippen LogP contribution is 2.29. The molecule has 0 heterocycles. The summed E-state index contributed by atoms with van der Waals surface area (Å²) in [5.74, 6) is 1.59. The van der Waals surface area contributed by atoms with Crippen molar-refractivity contribution < 1.29 is 0 Å². The predicted molar refractivity (Wildman–Crippen MR) is 68.6 cm³/mol. The van der Waals surface area contributed by atoms with Crippen LogP contribution in [0.2, 0.25) is 0 Å². The number of aliphatic imine (C=N–C) groups is 1. The average molecular weight is 209 g/mol. The van der Waals surface area contributed by atoms with Gasteiger partial charge in [-0.05, 0) is 37.5 Å². The number of hydrogen-bond acceptors (Lipinski definition) is 1. The minimum atomic E-state index is 0.767. The van der Waals surface area contributed by atoms with Gasteiger partial charge in [0.25, 0.3) is 0 Å². The SMILES string of the molecule is CCCC(CC)C(=NC)C1CCCCC1. The van der Waals surface area contributed by atoms with E-state index in [9.17, 15) is 0 Å². The van der Waals surface area contributed by atoms with Crippen LogP contribution in [-0.2, 0) is 0 Å². The predicted octanol–water partition coefficient (Wildman–Crippen LogP) is 4.46. The van der Waals surface area contributed by atoms with Crippen molar-refractivity contribution in [2.45, 2.75) is 65.2 Å². The van der Waals surface area contributed by atoms with Gasteiger partial charge in [-0.25, -0.2) is 0 Å². The number of nitrogens with zero attached hydrogens (tertiary/aromatic N) is 1. The maximum atomic E-state index is 4.62. The van der Waals surface area contributed by atoms with Crippen molar-refractivity contribution in [1.82, 2.24) is 0 Å². The summed E-state index contributed by atoms with van der Waals surface area (Å²) in [5.41, 5.74) is 1.54. The third kappa shape index (κ3) is 3.62. The van der Waals surface area contributed by atoms with E-state index in [1.807, 2.05) is 7.05 Å². The van der Waals surface area contributed by atoms with Crippen LogP contribution in [0.1, 0.15) is 65.2 Å². The van der Waals surface area contributed by atoms with Crippen LogP contribution in [0.3, 0.4) is 0 Å². The minimum absolute atomic E-state index is 0.767. The molecule has 0 aromatic heterocycles. The Labute approximate surface area is 95.4 Å². The monoisotopic (exact) mass is 209 g/mol. The Morgan fingerprint density at radius 3 is 2.33 bits per heavy atom. The van der Waals surface area contributed by atoms with Gasteiger partial charge in [-0.15, -0.1) is 0 Å². The van der Waals surface area contributed by atoms with Crippen LogP contribution in [0.15, 0.2) is 4.99 Å². The van der Waals surface area contributed by atoms with E-state index in [1.54, 1.807) is 5.71 Å². The molecule has 0 N–H and O–H groups in total. The second-order valence-corrected chi connectivity index (χ2v) is 4.88. The van der Waals surface area contributed by atoms with Crippen molar-refractivity contribution in [3.63, 3.8) is 0 Å². The average Bonchev–Trinajstić information content (AvgIpc) is 2.30. The zero-order valence-corrected chi connectivity index (χ0v) is 10.8. The molecule has 0 spiro atoms. The van der Waals surface area contributed by atoms with Crippen molar-refractivity contribution in [3.8, 4) is 0 Å². The lowest BCUT2D eigenvalue weighted by Gasteiger charge is -2.28. The molecule has 15 heavy (non-hydrogen) atoms. The summed E-state index contributed by atoms with van der Waals surface area (Å²) in [6.45, 7) is 4.60. The molecule has 0 aromatic carbocycles. The minimum Gasteiger partial charge on any atom is -0.297 e. The summed E-state index contributed by atoms with van der Waals surface area (Å²) < 4.78 is 0. The van der Waals surface area contributed by atoms with Gasteiger partial charge >= 0.3 is 0 Å². The number of rotatable bonds is 5. The summed E-state index contributed by atoms with van der Waals surface area (Å²) in [4.78, 5) is 4.62. The lowest BCUT2D eigenvalue weighted by atomic mass is 9.79. The molecule has 1 aliphatic carbocycles. The normalized spacial score (nSPS) is 21.7. The molecule has 1 nitrogen and oxygen atoms in total. The van der Waals surface area contributed by atoms with Crippen LogP contribution in [0.4, 0.5) is 0 Å². The third-order valence-corrected chi connectivity index (χ3v) is 3.83. The van der Waals surface area contributed by atoms with Crippen molar-refractivity contribution in [1.29, 1.82) is 0 Å². The molecule has 1 atom stereocenters. The van der Waals surface area contributed by atoms with Crippen LogP contribution in [0.25, 0.3) is 0 Å². The van der Waals surface area contributed by atoms with Crippen LogP contribution in [0.5, 0.6) is 0 Å². The zero-order chi connectivity index (χ0) is 11.1. The summed E-state index contributed by atoms with van der Waals surface area (Å²) in [5, 5.41) is 0. The molecule has 1 aliphatic rings. The molecule has 88 valence electrons. The Kier molecular flexibility index (Phi) is 5.97. The molecule has 0 saturated heterocycles. The van der Waals surface area contributed by atoms with E-state index in [1.165, 1.54) is 51.4 Å². The fourth-order valence-electron chi connectivity index (χ4n) is 3.01. The first kappa shape index (κ1) is 12.7. The first-order chi connectivity index (χ1) is 7.33. The van der Waals surface area contributed by atoms with Crippen LogP contribution in [-0.4, -0.2) is 12.8 Å². The topological polar surface area (TPSA) is 12.4 Å². The molecule has 1 heteroatoms. The maximum absolute atomic E-state index is 4.62. The fraction of sp³-hybridized carbons (Fsp3) is 0.929. The van der Waals surface area contributed by atoms with Crippen molar-refractivity contribution in [2.24, 2.45) is 16.8 Å². The lowest BCUT2D eigenvalue weighted by Crippen LogP contribution is -2.25. The van der Waals surface area contributed by atoms with Crippen molar-refractivity contribution >= 4 is 5.71 Å². The van der Waals surface area contributed by atoms with E-state index < -0.39 is 0 Å². The highest BCUT2D eigenvalue weighted by molar-refractivity contribution is 5.89. The standard InChI is InChI=1S/C14H27N/c1-4-9-12(5-2)14(15-3)13-10-7-6-8-11-13/h12-13H,4-11H2,1-3H3. The molecule has 0 radical (unpaired) electrons. The molecular weight excluding hydrogens is 182 g/mol. The van der Waals surface area contributed by atoms with E-state index in [-0.39, 0.29) is 0 Å². The summed E-state index contributed by atoms with van der Waals surface area (Å²) in [6, 6.07) is 0. The largest absolute Gasteiger partial charge is 0.297 e. The Hall–Kier alpha value is -0.330. The Bertz CT molecular complexity index is 183. The molecule has 1 rings (SSSR count). The molecule has 1 fully saturated rings. The van der Waals surface area contributed by atoms with E-state index in [0.29, 0.717) is 0 Å².